The Hall–Kier alpha value is -2.70. The Morgan fingerprint density at radius 3 is 2.73 bits per heavy atom. The summed E-state index contributed by atoms with van der Waals surface area (Å²) in [6, 6.07) is 5.48. The zero-order chi connectivity index (χ0) is 15.4. The van der Waals surface area contributed by atoms with Gasteiger partial charge in [0.2, 0.25) is 5.82 Å². The topological polar surface area (TPSA) is 78.7 Å². The Bertz CT molecular complexity index is 788. The molecular weight excluding hydrogens is 282 g/mol. The van der Waals surface area contributed by atoms with E-state index in [1.54, 1.807) is 12.4 Å². The minimum Gasteiger partial charge on any atom is -0.335 e. The van der Waals surface area contributed by atoms with Crippen LogP contribution in [0.4, 0.5) is 0 Å². The van der Waals surface area contributed by atoms with Gasteiger partial charge in [-0.3, -0.25) is 14.1 Å². The summed E-state index contributed by atoms with van der Waals surface area (Å²) in [6.07, 6.45) is 7.20. The average molecular weight is 299 g/mol. The lowest BCUT2D eigenvalue weighted by atomic mass is 10.3. The fourth-order valence-corrected chi connectivity index (χ4v) is 2.34. The Kier molecular flexibility index (Phi) is 4.13. The van der Waals surface area contributed by atoms with Crippen molar-refractivity contribution in [1.82, 2.24) is 24.3 Å². The molecule has 0 aliphatic rings. The first-order valence-electron chi connectivity index (χ1n) is 7.21. The first-order chi connectivity index (χ1) is 10.8. The molecule has 0 fully saturated rings. The number of aryl methyl sites for hydroxylation is 2. The molecule has 0 N–H and O–H groups in total. The van der Waals surface area contributed by atoms with Crippen molar-refractivity contribution in [1.29, 1.82) is 0 Å². The average Bonchev–Trinajstić information content (AvgIpc) is 3.11. The van der Waals surface area contributed by atoms with E-state index in [0.717, 1.165) is 25.2 Å². The second-order valence-corrected chi connectivity index (χ2v) is 5.01. The van der Waals surface area contributed by atoms with E-state index in [2.05, 4.69) is 19.7 Å². The van der Waals surface area contributed by atoms with Gasteiger partial charge in [-0.25, -0.2) is 9.78 Å². The predicted molar refractivity (Wildman–Crippen MR) is 80.2 cm³/mol. The van der Waals surface area contributed by atoms with Gasteiger partial charge in [-0.1, -0.05) is 11.2 Å². The van der Waals surface area contributed by atoms with Crippen molar-refractivity contribution in [3.05, 3.63) is 53.2 Å². The van der Waals surface area contributed by atoms with Crippen LogP contribution >= 0.6 is 0 Å². The highest BCUT2D eigenvalue weighted by molar-refractivity contribution is 5.47. The molecule has 0 amide bonds. The van der Waals surface area contributed by atoms with Crippen LogP contribution in [0.3, 0.4) is 0 Å². The van der Waals surface area contributed by atoms with Gasteiger partial charge in [0.25, 0.3) is 0 Å². The second kappa shape index (κ2) is 6.38. The Labute approximate surface area is 127 Å². The van der Waals surface area contributed by atoms with Crippen LogP contribution in [0.1, 0.15) is 18.7 Å². The zero-order valence-electron chi connectivity index (χ0n) is 12.3. The van der Waals surface area contributed by atoms with Crippen LogP contribution in [0.15, 0.2) is 46.1 Å². The smallest absolute Gasteiger partial charge is 0.335 e. The largest absolute Gasteiger partial charge is 0.441 e. The summed E-state index contributed by atoms with van der Waals surface area (Å²) in [6.45, 7) is 3.41. The minimum absolute atomic E-state index is 0.445. The van der Waals surface area contributed by atoms with E-state index >= 15 is 0 Å². The van der Waals surface area contributed by atoms with E-state index in [1.165, 1.54) is 4.57 Å². The van der Waals surface area contributed by atoms with Crippen LogP contribution in [-0.4, -0.2) is 24.3 Å². The summed E-state index contributed by atoms with van der Waals surface area (Å²) >= 11 is 0. The number of aromatic nitrogens is 5. The molecule has 7 nitrogen and oxygen atoms in total. The molecule has 0 saturated heterocycles. The summed E-state index contributed by atoms with van der Waals surface area (Å²) in [5.41, 5.74) is 0.638. The van der Waals surface area contributed by atoms with Gasteiger partial charge in [-0.15, -0.1) is 0 Å². The van der Waals surface area contributed by atoms with Crippen molar-refractivity contribution in [2.75, 3.05) is 0 Å². The number of hydrogen-bond acceptors (Lipinski definition) is 5. The monoisotopic (exact) mass is 299 g/mol. The molecule has 0 radical (unpaired) electrons. The zero-order valence-corrected chi connectivity index (χ0v) is 12.3. The third-order valence-corrected chi connectivity index (χ3v) is 3.53. The van der Waals surface area contributed by atoms with Crippen LogP contribution in [-0.2, 0) is 13.1 Å². The number of hydrogen-bond donors (Lipinski definition) is 0. The summed E-state index contributed by atoms with van der Waals surface area (Å²) < 4.78 is 8.40. The number of rotatable bonds is 6. The third-order valence-electron chi connectivity index (χ3n) is 3.53. The first-order valence-corrected chi connectivity index (χ1v) is 7.21. The summed E-state index contributed by atoms with van der Waals surface area (Å²) in [7, 11) is 0. The van der Waals surface area contributed by atoms with E-state index in [-0.39, 0.29) is 0 Å². The van der Waals surface area contributed by atoms with Crippen molar-refractivity contribution < 1.29 is 4.52 Å². The van der Waals surface area contributed by atoms with Crippen molar-refractivity contribution >= 4 is 0 Å². The highest BCUT2D eigenvalue weighted by atomic mass is 16.5. The Morgan fingerprint density at radius 1 is 1.14 bits per heavy atom. The van der Waals surface area contributed by atoms with E-state index in [1.807, 2.05) is 31.3 Å². The molecule has 3 aromatic heterocycles. The molecule has 0 aromatic carbocycles. The highest BCUT2D eigenvalue weighted by Crippen LogP contribution is 2.12. The van der Waals surface area contributed by atoms with Gasteiger partial charge in [-0.05, 0) is 31.9 Å². The molecular formula is C15H17N5O2. The molecule has 3 heterocycles. The van der Waals surface area contributed by atoms with Gasteiger partial charge >= 0.3 is 5.76 Å². The van der Waals surface area contributed by atoms with Crippen molar-refractivity contribution in [3.63, 3.8) is 0 Å². The first kappa shape index (κ1) is 14.2. The Balaban J connectivity index is 1.65. The maximum Gasteiger partial charge on any atom is 0.441 e. The molecule has 3 rings (SSSR count). The number of unbranched alkanes of at least 4 members (excludes halogenated alkanes) is 1. The number of imidazole rings is 1. The molecule has 22 heavy (non-hydrogen) atoms. The van der Waals surface area contributed by atoms with Gasteiger partial charge in [-0.2, -0.15) is 0 Å². The fraction of sp³-hybridized carbons (Fsp3) is 0.333. The van der Waals surface area contributed by atoms with Crippen LogP contribution in [0.2, 0.25) is 0 Å². The molecule has 0 saturated carbocycles. The molecule has 0 bridgehead atoms. The number of pyridine rings is 1. The summed E-state index contributed by atoms with van der Waals surface area (Å²) in [4.78, 5) is 20.2. The molecule has 3 aromatic rings. The van der Waals surface area contributed by atoms with E-state index < -0.39 is 5.76 Å². The molecule has 0 aliphatic carbocycles. The fourth-order valence-electron chi connectivity index (χ4n) is 2.34. The highest BCUT2D eigenvalue weighted by Gasteiger charge is 2.13. The molecule has 114 valence electrons. The van der Waals surface area contributed by atoms with Crippen molar-refractivity contribution in [2.45, 2.75) is 32.9 Å². The second-order valence-electron chi connectivity index (χ2n) is 5.01. The molecule has 7 heteroatoms. The molecule has 0 unspecified atom stereocenters. The van der Waals surface area contributed by atoms with Crippen molar-refractivity contribution in [3.8, 4) is 11.5 Å². The summed E-state index contributed by atoms with van der Waals surface area (Å²) in [5.74, 6) is 1.03. The normalized spacial score (nSPS) is 11.0. The molecule has 0 spiro atoms. The van der Waals surface area contributed by atoms with Crippen LogP contribution in [0.25, 0.3) is 11.5 Å². The molecule has 0 atom stereocenters. The lowest BCUT2D eigenvalue weighted by molar-refractivity contribution is 0.373. The Morgan fingerprint density at radius 2 is 2.00 bits per heavy atom. The predicted octanol–water partition coefficient (Wildman–Crippen LogP) is 1.88. The quantitative estimate of drug-likeness (QED) is 0.649. The maximum absolute atomic E-state index is 11.8. The van der Waals surface area contributed by atoms with Gasteiger partial charge in [0.05, 0.1) is 0 Å². The standard InChI is InChI=1S/C15H17N5O2/c1-12-16-8-11-19(12)9-4-5-10-20-14(18-22-15(20)21)13-6-2-3-7-17-13/h2-3,6-8,11H,4-5,9-10H2,1H3. The van der Waals surface area contributed by atoms with E-state index in [4.69, 9.17) is 4.52 Å². The van der Waals surface area contributed by atoms with Gasteiger partial charge < -0.3 is 4.57 Å². The van der Waals surface area contributed by atoms with E-state index in [0.29, 0.717) is 18.1 Å². The van der Waals surface area contributed by atoms with E-state index in [9.17, 15) is 4.79 Å². The number of nitrogens with zero attached hydrogens (tertiary/aromatic N) is 5. The van der Waals surface area contributed by atoms with Crippen LogP contribution in [0.5, 0.6) is 0 Å². The van der Waals surface area contributed by atoms with Gasteiger partial charge in [0.1, 0.15) is 11.5 Å². The lowest BCUT2D eigenvalue weighted by Crippen LogP contribution is -2.16. The SMILES string of the molecule is Cc1nccn1CCCCn1c(-c2ccccn2)noc1=O. The minimum atomic E-state index is -0.445. The summed E-state index contributed by atoms with van der Waals surface area (Å²) in [5, 5.41) is 3.83. The van der Waals surface area contributed by atoms with Crippen LogP contribution in [0, 0.1) is 6.92 Å². The third kappa shape index (κ3) is 2.98. The lowest BCUT2D eigenvalue weighted by Gasteiger charge is -2.06. The van der Waals surface area contributed by atoms with Crippen molar-refractivity contribution in [2.24, 2.45) is 0 Å². The van der Waals surface area contributed by atoms with Gasteiger partial charge in [0.15, 0.2) is 0 Å². The van der Waals surface area contributed by atoms with Crippen LogP contribution < -0.4 is 5.76 Å². The van der Waals surface area contributed by atoms with Gasteiger partial charge in [0, 0.05) is 31.7 Å². The maximum atomic E-state index is 11.8. The molecule has 0 aliphatic heterocycles.